The van der Waals surface area contributed by atoms with Crippen molar-refractivity contribution in [2.75, 3.05) is 26.8 Å². The Balaban J connectivity index is 1.81. The van der Waals surface area contributed by atoms with Crippen molar-refractivity contribution in [2.24, 2.45) is 0 Å². The van der Waals surface area contributed by atoms with Crippen LogP contribution in [-0.4, -0.2) is 48.4 Å². The fraction of sp³-hybridized carbons (Fsp3) is 0.333. The molecule has 1 aromatic heterocycles. The summed E-state index contributed by atoms with van der Waals surface area (Å²) in [6, 6.07) is 15.5. The molecule has 5 nitrogen and oxygen atoms in total. The Morgan fingerprint density at radius 1 is 0.941 bits per heavy atom. The third-order valence-electron chi connectivity index (χ3n) is 5.63. The minimum Gasteiger partial charge on any atom is -0.385 e. The molecule has 7 heteroatoms. The van der Waals surface area contributed by atoms with Crippen molar-refractivity contribution in [1.82, 2.24) is 9.80 Å². The summed E-state index contributed by atoms with van der Waals surface area (Å²) in [5.41, 5.74) is 3.57. The Labute approximate surface area is 204 Å². The van der Waals surface area contributed by atoms with E-state index in [1.54, 1.807) is 52.5 Å². The zero-order chi connectivity index (χ0) is 24.5. The van der Waals surface area contributed by atoms with E-state index < -0.39 is 0 Å². The SMILES string of the molecule is COCCCN(CC(=O)N(Cc1ccc(F)cc1)Cc1sccc1C)C(=O)c1ccc(C)cc1. The molecule has 34 heavy (non-hydrogen) atoms. The number of hydrogen-bond donors (Lipinski definition) is 0. The predicted molar refractivity (Wildman–Crippen MR) is 133 cm³/mol. The lowest BCUT2D eigenvalue weighted by Crippen LogP contribution is -2.43. The van der Waals surface area contributed by atoms with Crippen LogP contribution >= 0.6 is 11.3 Å². The van der Waals surface area contributed by atoms with Crippen LogP contribution in [0.5, 0.6) is 0 Å². The number of ether oxygens (including phenoxy) is 1. The maximum Gasteiger partial charge on any atom is 0.254 e. The van der Waals surface area contributed by atoms with Crippen molar-refractivity contribution in [3.63, 3.8) is 0 Å². The summed E-state index contributed by atoms with van der Waals surface area (Å²) in [5.74, 6) is -0.655. The van der Waals surface area contributed by atoms with Gasteiger partial charge < -0.3 is 14.5 Å². The number of carbonyl (C=O) groups is 2. The molecular formula is C27H31FN2O3S. The zero-order valence-electron chi connectivity index (χ0n) is 19.9. The van der Waals surface area contributed by atoms with Crippen molar-refractivity contribution < 1.29 is 18.7 Å². The maximum atomic E-state index is 13.5. The average Bonchev–Trinajstić information content (AvgIpc) is 3.23. The lowest BCUT2D eigenvalue weighted by Gasteiger charge is -2.28. The highest BCUT2D eigenvalue weighted by Crippen LogP contribution is 2.20. The Hall–Kier alpha value is -3.03. The van der Waals surface area contributed by atoms with Crippen molar-refractivity contribution >= 4 is 23.2 Å². The molecule has 0 aliphatic rings. The van der Waals surface area contributed by atoms with Crippen LogP contribution in [0, 0.1) is 19.7 Å². The van der Waals surface area contributed by atoms with Crippen LogP contribution in [-0.2, 0) is 22.6 Å². The van der Waals surface area contributed by atoms with Crippen molar-refractivity contribution in [3.05, 3.63) is 92.9 Å². The standard InChI is InChI=1S/C27H31FN2O3S/c1-20-5-9-23(10-6-20)27(32)29(14-4-15-33-3)19-26(31)30(18-25-21(2)13-16-34-25)17-22-7-11-24(28)12-8-22/h5-13,16H,4,14-15,17-19H2,1-3H3. The molecule has 0 aliphatic heterocycles. The van der Waals surface area contributed by atoms with Crippen LogP contribution in [0.15, 0.2) is 60.0 Å². The van der Waals surface area contributed by atoms with E-state index in [0.717, 1.165) is 21.6 Å². The number of rotatable bonds is 11. The van der Waals surface area contributed by atoms with Crippen LogP contribution in [0.1, 0.15) is 38.3 Å². The van der Waals surface area contributed by atoms with E-state index in [4.69, 9.17) is 4.74 Å². The normalized spacial score (nSPS) is 10.8. The molecule has 1 heterocycles. The highest BCUT2D eigenvalue weighted by Gasteiger charge is 2.23. The molecule has 0 saturated heterocycles. The molecule has 0 aliphatic carbocycles. The molecule has 0 radical (unpaired) electrons. The van der Waals surface area contributed by atoms with Gasteiger partial charge in [-0.05, 0) is 67.1 Å². The number of halogens is 1. The Bertz CT molecular complexity index is 1080. The van der Waals surface area contributed by atoms with Gasteiger partial charge in [0.15, 0.2) is 0 Å². The Kier molecular flexibility index (Phi) is 9.36. The van der Waals surface area contributed by atoms with Gasteiger partial charge in [0.2, 0.25) is 5.91 Å². The van der Waals surface area contributed by atoms with Gasteiger partial charge >= 0.3 is 0 Å². The summed E-state index contributed by atoms with van der Waals surface area (Å²) >= 11 is 1.60. The first-order chi connectivity index (χ1) is 16.4. The number of aryl methyl sites for hydroxylation is 2. The third-order valence-corrected chi connectivity index (χ3v) is 6.64. The topological polar surface area (TPSA) is 49.9 Å². The number of carbonyl (C=O) groups excluding carboxylic acids is 2. The lowest BCUT2D eigenvalue weighted by atomic mass is 10.1. The molecular weight excluding hydrogens is 451 g/mol. The Morgan fingerprint density at radius 3 is 2.26 bits per heavy atom. The molecule has 2 aromatic carbocycles. The van der Waals surface area contributed by atoms with E-state index >= 15 is 0 Å². The molecule has 0 fully saturated rings. The first kappa shape index (κ1) is 25.6. The predicted octanol–water partition coefficient (Wildman–Crippen LogP) is 5.21. The average molecular weight is 483 g/mol. The van der Waals surface area contributed by atoms with E-state index in [1.165, 1.54) is 12.1 Å². The summed E-state index contributed by atoms with van der Waals surface area (Å²) in [7, 11) is 1.62. The van der Waals surface area contributed by atoms with Crippen LogP contribution < -0.4 is 0 Å². The maximum absolute atomic E-state index is 13.5. The molecule has 0 atom stereocenters. The molecule has 0 N–H and O–H groups in total. The van der Waals surface area contributed by atoms with Gasteiger partial charge in [-0.1, -0.05) is 29.8 Å². The summed E-state index contributed by atoms with van der Waals surface area (Å²) < 4.78 is 18.6. The molecule has 0 bridgehead atoms. The number of amides is 2. The largest absolute Gasteiger partial charge is 0.385 e. The monoisotopic (exact) mass is 482 g/mol. The van der Waals surface area contributed by atoms with Gasteiger partial charge in [0, 0.05) is 37.2 Å². The van der Waals surface area contributed by atoms with Gasteiger partial charge in [-0.25, -0.2) is 4.39 Å². The molecule has 3 aromatic rings. The summed E-state index contributed by atoms with van der Waals surface area (Å²) in [5, 5.41) is 2.00. The van der Waals surface area contributed by atoms with Crippen LogP contribution in [0.4, 0.5) is 4.39 Å². The quantitative estimate of drug-likeness (QED) is 0.353. The highest BCUT2D eigenvalue weighted by molar-refractivity contribution is 7.10. The fourth-order valence-electron chi connectivity index (χ4n) is 3.58. The first-order valence-electron chi connectivity index (χ1n) is 11.3. The Morgan fingerprint density at radius 2 is 1.65 bits per heavy atom. The molecule has 0 unspecified atom stereocenters. The molecule has 0 spiro atoms. The minimum atomic E-state index is -0.316. The van der Waals surface area contributed by atoms with Crippen LogP contribution in [0.25, 0.3) is 0 Å². The van der Waals surface area contributed by atoms with Gasteiger partial charge in [0.1, 0.15) is 12.4 Å². The van der Waals surface area contributed by atoms with Crippen LogP contribution in [0.2, 0.25) is 0 Å². The van der Waals surface area contributed by atoms with Gasteiger partial charge in [0.25, 0.3) is 5.91 Å². The highest BCUT2D eigenvalue weighted by atomic mass is 32.1. The summed E-state index contributed by atoms with van der Waals surface area (Å²) in [6.45, 7) is 5.63. The van der Waals surface area contributed by atoms with Crippen molar-refractivity contribution in [3.8, 4) is 0 Å². The number of methoxy groups -OCH3 is 1. The van der Waals surface area contributed by atoms with E-state index in [2.05, 4.69) is 0 Å². The molecule has 3 rings (SSSR count). The third kappa shape index (κ3) is 7.23. The van der Waals surface area contributed by atoms with Crippen LogP contribution in [0.3, 0.4) is 0 Å². The first-order valence-corrected chi connectivity index (χ1v) is 12.2. The number of benzene rings is 2. The number of thiophene rings is 1. The molecule has 0 saturated carbocycles. The van der Waals surface area contributed by atoms with E-state index in [9.17, 15) is 14.0 Å². The second kappa shape index (κ2) is 12.4. The fourth-order valence-corrected chi connectivity index (χ4v) is 4.50. The van der Waals surface area contributed by atoms with Gasteiger partial charge in [-0.2, -0.15) is 0 Å². The summed E-state index contributed by atoms with van der Waals surface area (Å²) in [4.78, 5) is 31.2. The molecule has 2 amide bonds. The van der Waals surface area contributed by atoms with E-state index in [-0.39, 0.29) is 24.2 Å². The van der Waals surface area contributed by atoms with Crippen molar-refractivity contribution in [1.29, 1.82) is 0 Å². The van der Waals surface area contributed by atoms with Crippen molar-refractivity contribution in [2.45, 2.75) is 33.4 Å². The lowest BCUT2D eigenvalue weighted by molar-refractivity contribution is -0.133. The number of hydrogen-bond acceptors (Lipinski definition) is 4. The summed E-state index contributed by atoms with van der Waals surface area (Å²) in [6.07, 6.45) is 0.628. The second-order valence-electron chi connectivity index (χ2n) is 8.34. The molecule has 180 valence electrons. The number of nitrogens with zero attached hydrogens (tertiary/aromatic N) is 2. The van der Waals surface area contributed by atoms with E-state index in [0.29, 0.717) is 38.2 Å². The zero-order valence-corrected chi connectivity index (χ0v) is 20.7. The second-order valence-corrected chi connectivity index (χ2v) is 9.34. The van der Waals surface area contributed by atoms with Gasteiger partial charge in [-0.15, -0.1) is 11.3 Å². The smallest absolute Gasteiger partial charge is 0.254 e. The van der Waals surface area contributed by atoms with E-state index in [1.807, 2.05) is 37.4 Å². The van der Waals surface area contributed by atoms with Gasteiger partial charge in [0.05, 0.1) is 6.54 Å². The minimum absolute atomic E-state index is 0.0396. The van der Waals surface area contributed by atoms with Gasteiger partial charge in [-0.3, -0.25) is 9.59 Å².